The van der Waals surface area contributed by atoms with Crippen molar-refractivity contribution in [1.29, 1.82) is 0 Å². The number of furan rings is 1. The van der Waals surface area contributed by atoms with Crippen LogP contribution in [0.1, 0.15) is 24.2 Å². The van der Waals surface area contributed by atoms with Gasteiger partial charge in [0.15, 0.2) is 0 Å². The molecule has 1 aliphatic rings. The molecule has 0 radical (unpaired) electrons. The monoisotopic (exact) mass is 435 g/mol. The van der Waals surface area contributed by atoms with Gasteiger partial charge >= 0.3 is 0 Å². The molecule has 1 aliphatic heterocycles. The number of fused-ring (bicyclic) bond motifs is 1. The van der Waals surface area contributed by atoms with Crippen molar-refractivity contribution < 1.29 is 18.7 Å². The summed E-state index contributed by atoms with van der Waals surface area (Å²) in [6, 6.07) is 15.5. The number of hydrogen-bond acceptors (Lipinski definition) is 5. The van der Waals surface area contributed by atoms with Crippen molar-refractivity contribution in [3.63, 3.8) is 0 Å². The third-order valence-electron chi connectivity index (χ3n) is 5.98. The number of rotatable bonds is 8. The standard InChI is InChI=1S/C25H29N3O4/c1-27(16-18-7-8-20-14-21(31-2)10-9-19(20)13-18)24(29)17-28-11-3-6-23(28)25(30)26-15-22-5-4-12-32-22/h4-5,7-10,12-14,23H,3,6,11,15-17H2,1-2H3,(H,26,30). The van der Waals surface area contributed by atoms with Gasteiger partial charge in [0.2, 0.25) is 11.8 Å². The minimum absolute atomic E-state index is 0.00515. The Hall–Kier alpha value is -3.32. The van der Waals surface area contributed by atoms with E-state index in [2.05, 4.69) is 11.4 Å². The fourth-order valence-corrected chi connectivity index (χ4v) is 4.17. The van der Waals surface area contributed by atoms with Gasteiger partial charge in [-0.15, -0.1) is 0 Å². The Bertz CT molecular complexity index is 1080. The highest BCUT2D eigenvalue weighted by Crippen LogP contribution is 2.23. The summed E-state index contributed by atoms with van der Waals surface area (Å²) in [6.07, 6.45) is 3.25. The first-order valence-corrected chi connectivity index (χ1v) is 10.9. The van der Waals surface area contributed by atoms with Gasteiger partial charge in [-0.25, -0.2) is 0 Å². The molecule has 0 aliphatic carbocycles. The number of carbonyl (C=O) groups excluding carboxylic acids is 2. The molecule has 0 saturated carbocycles. The molecule has 7 heteroatoms. The zero-order valence-electron chi connectivity index (χ0n) is 18.5. The molecule has 4 rings (SSSR count). The fraction of sp³-hybridized carbons (Fsp3) is 0.360. The average molecular weight is 436 g/mol. The maximum Gasteiger partial charge on any atom is 0.237 e. The van der Waals surface area contributed by atoms with Crippen LogP contribution in [-0.2, 0) is 22.7 Å². The molecule has 1 aromatic heterocycles. The summed E-state index contributed by atoms with van der Waals surface area (Å²) in [7, 11) is 3.46. The second kappa shape index (κ2) is 9.87. The van der Waals surface area contributed by atoms with E-state index in [1.807, 2.05) is 48.3 Å². The third-order valence-corrected chi connectivity index (χ3v) is 5.98. The zero-order chi connectivity index (χ0) is 22.5. The lowest BCUT2D eigenvalue weighted by atomic mass is 10.1. The zero-order valence-corrected chi connectivity index (χ0v) is 18.5. The van der Waals surface area contributed by atoms with Crippen LogP contribution in [-0.4, -0.2) is 54.9 Å². The van der Waals surface area contributed by atoms with Crippen LogP contribution in [0.3, 0.4) is 0 Å². The van der Waals surface area contributed by atoms with E-state index < -0.39 is 0 Å². The van der Waals surface area contributed by atoms with Gasteiger partial charge in [-0.05, 0) is 66.1 Å². The van der Waals surface area contributed by atoms with Gasteiger partial charge < -0.3 is 19.4 Å². The lowest BCUT2D eigenvalue weighted by Gasteiger charge is -2.26. The molecular weight excluding hydrogens is 406 g/mol. The van der Waals surface area contributed by atoms with Crippen molar-refractivity contribution >= 4 is 22.6 Å². The topological polar surface area (TPSA) is 75.0 Å². The normalized spacial score (nSPS) is 16.2. The van der Waals surface area contributed by atoms with Gasteiger partial charge in [-0.3, -0.25) is 14.5 Å². The number of ether oxygens (including phenoxy) is 1. The molecule has 2 amide bonds. The van der Waals surface area contributed by atoms with Gasteiger partial charge in [0.1, 0.15) is 11.5 Å². The Morgan fingerprint density at radius 2 is 2.00 bits per heavy atom. The van der Waals surface area contributed by atoms with Crippen LogP contribution < -0.4 is 10.1 Å². The highest BCUT2D eigenvalue weighted by Gasteiger charge is 2.32. The van der Waals surface area contributed by atoms with Crippen molar-refractivity contribution in [2.75, 3.05) is 27.2 Å². The molecule has 2 aromatic carbocycles. The number of amides is 2. The van der Waals surface area contributed by atoms with E-state index in [4.69, 9.17) is 9.15 Å². The Balaban J connectivity index is 1.33. The van der Waals surface area contributed by atoms with E-state index in [0.29, 0.717) is 18.8 Å². The van der Waals surface area contributed by atoms with Gasteiger partial charge in [0, 0.05) is 13.6 Å². The molecule has 2 heterocycles. The SMILES string of the molecule is COc1ccc2cc(CN(C)C(=O)CN3CCCC3C(=O)NCc3ccco3)ccc2c1. The Kier molecular flexibility index (Phi) is 6.75. The van der Waals surface area contributed by atoms with Crippen molar-refractivity contribution in [1.82, 2.24) is 15.1 Å². The Morgan fingerprint density at radius 3 is 2.78 bits per heavy atom. The van der Waals surface area contributed by atoms with Crippen LogP contribution in [0.4, 0.5) is 0 Å². The highest BCUT2D eigenvalue weighted by atomic mass is 16.5. The first-order chi connectivity index (χ1) is 15.5. The number of hydrogen-bond donors (Lipinski definition) is 1. The fourth-order valence-electron chi connectivity index (χ4n) is 4.17. The molecule has 0 bridgehead atoms. The van der Waals surface area contributed by atoms with E-state index in [0.717, 1.165) is 41.5 Å². The second-order valence-electron chi connectivity index (χ2n) is 8.22. The molecule has 1 N–H and O–H groups in total. The predicted octanol–water partition coefficient (Wildman–Crippen LogP) is 3.18. The average Bonchev–Trinajstić information content (AvgIpc) is 3.49. The minimum Gasteiger partial charge on any atom is -0.497 e. The van der Waals surface area contributed by atoms with Crippen LogP contribution in [0, 0.1) is 0 Å². The van der Waals surface area contributed by atoms with Crippen molar-refractivity contribution in [3.8, 4) is 5.75 Å². The summed E-state index contributed by atoms with van der Waals surface area (Å²) in [6.45, 7) is 1.86. The summed E-state index contributed by atoms with van der Waals surface area (Å²) in [5.74, 6) is 1.49. The molecule has 32 heavy (non-hydrogen) atoms. The third kappa shape index (κ3) is 5.11. The Morgan fingerprint density at radius 1 is 1.19 bits per heavy atom. The lowest BCUT2D eigenvalue weighted by molar-refractivity contribution is -0.133. The summed E-state index contributed by atoms with van der Waals surface area (Å²) in [5, 5.41) is 5.12. The number of carbonyl (C=O) groups is 2. The number of nitrogens with zero attached hydrogens (tertiary/aromatic N) is 2. The first-order valence-electron chi connectivity index (χ1n) is 10.9. The number of benzene rings is 2. The molecule has 1 fully saturated rings. The van der Waals surface area contributed by atoms with E-state index in [1.165, 1.54) is 0 Å². The van der Waals surface area contributed by atoms with Gasteiger partial charge in [0.05, 0.1) is 32.5 Å². The summed E-state index contributed by atoms with van der Waals surface area (Å²) < 4.78 is 10.5. The molecule has 1 saturated heterocycles. The number of methoxy groups -OCH3 is 1. The van der Waals surface area contributed by atoms with Gasteiger partial charge in [-0.2, -0.15) is 0 Å². The van der Waals surface area contributed by atoms with Crippen LogP contribution in [0.25, 0.3) is 10.8 Å². The molecule has 1 atom stereocenters. The van der Waals surface area contributed by atoms with E-state index in [-0.39, 0.29) is 24.4 Å². The highest BCUT2D eigenvalue weighted by molar-refractivity contribution is 5.85. The number of likely N-dealkylation sites (tertiary alicyclic amines) is 1. The van der Waals surface area contributed by atoms with Crippen molar-refractivity contribution in [2.45, 2.75) is 32.0 Å². The lowest BCUT2D eigenvalue weighted by Crippen LogP contribution is -2.47. The Labute approximate surface area is 187 Å². The first kappa shape index (κ1) is 21.9. The van der Waals surface area contributed by atoms with Crippen molar-refractivity contribution in [2.24, 2.45) is 0 Å². The predicted molar refractivity (Wildman–Crippen MR) is 122 cm³/mol. The molecular formula is C25H29N3O4. The maximum atomic E-state index is 12.9. The van der Waals surface area contributed by atoms with Gasteiger partial charge in [-0.1, -0.05) is 18.2 Å². The molecule has 1 unspecified atom stereocenters. The largest absolute Gasteiger partial charge is 0.497 e. The quantitative estimate of drug-likeness (QED) is 0.588. The number of likely N-dealkylation sites (N-methyl/N-ethyl adjacent to an activating group) is 1. The number of nitrogens with one attached hydrogen (secondary N) is 1. The minimum atomic E-state index is -0.280. The molecule has 168 valence electrons. The van der Waals surface area contributed by atoms with Crippen LogP contribution in [0.5, 0.6) is 5.75 Å². The summed E-state index contributed by atoms with van der Waals surface area (Å²) in [5.41, 5.74) is 1.06. The molecule has 0 spiro atoms. The second-order valence-corrected chi connectivity index (χ2v) is 8.22. The van der Waals surface area contributed by atoms with E-state index in [1.54, 1.807) is 24.3 Å². The van der Waals surface area contributed by atoms with Gasteiger partial charge in [0.25, 0.3) is 0 Å². The van der Waals surface area contributed by atoms with E-state index >= 15 is 0 Å². The molecule has 3 aromatic rings. The van der Waals surface area contributed by atoms with Crippen LogP contribution >= 0.6 is 0 Å². The smallest absolute Gasteiger partial charge is 0.237 e. The van der Waals surface area contributed by atoms with Crippen LogP contribution in [0.2, 0.25) is 0 Å². The molecule has 7 nitrogen and oxygen atoms in total. The van der Waals surface area contributed by atoms with Crippen molar-refractivity contribution in [3.05, 3.63) is 66.1 Å². The van der Waals surface area contributed by atoms with E-state index in [9.17, 15) is 9.59 Å². The van der Waals surface area contributed by atoms with Crippen LogP contribution in [0.15, 0.2) is 59.2 Å². The summed E-state index contributed by atoms with van der Waals surface area (Å²) >= 11 is 0. The summed E-state index contributed by atoms with van der Waals surface area (Å²) in [4.78, 5) is 29.2. The maximum absolute atomic E-state index is 12.9.